The third kappa shape index (κ3) is 2.64. The molecule has 0 aliphatic carbocycles. The number of fused-ring (bicyclic) bond motifs is 2. The van der Waals surface area contributed by atoms with Crippen molar-refractivity contribution in [3.63, 3.8) is 0 Å². The van der Waals surface area contributed by atoms with Gasteiger partial charge in [-0.2, -0.15) is 0 Å². The van der Waals surface area contributed by atoms with Gasteiger partial charge in [0.2, 0.25) is 0 Å². The van der Waals surface area contributed by atoms with Crippen molar-refractivity contribution < 1.29 is 0 Å². The highest BCUT2D eigenvalue weighted by molar-refractivity contribution is 5.97. The second-order valence-corrected chi connectivity index (χ2v) is 6.54. The smallest absolute Gasteiger partial charge is 0.275 e. The molecule has 2 aromatic heterocycles. The van der Waals surface area contributed by atoms with Gasteiger partial charge in [-0.1, -0.05) is 12.1 Å². The van der Waals surface area contributed by atoms with Gasteiger partial charge in [-0.15, -0.1) is 0 Å². The van der Waals surface area contributed by atoms with Gasteiger partial charge in [-0.05, 0) is 49.7 Å². The minimum absolute atomic E-state index is 0.202. The van der Waals surface area contributed by atoms with E-state index in [1.165, 1.54) is 0 Å². The number of aryl methyl sites for hydroxylation is 2. The summed E-state index contributed by atoms with van der Waals surface area (Å²) >= 11 is 0. The first-order valence-corrected chi connectivity index (χ1v) is 8.67. The topological polar surface area (TPSA) is 103 Å². The summed E-state index contributed by atoms with van der Waals surface area (Å²) in [5.41, 5.74) is 16.9. The zero-order chi connectivity index (χ0) is 18.3. The van der Waals surface area contributed by atoms with E-state index in [9.17, 15) is 4.79 Å². The van der Waals surface area contributed by atoms with Gasteiger partial charge in [-0.25, -0.2) is 4.98 Å². The fourth-order valence-corrected chi connectivity index (χ4v) is 3.38. The Morgan fingerprint density at radius 2 is 2.08 bits per heavy atom. The molecule has 4 aromatic rings. The van der Waals surface area contributed by atoms with E-state index >= 15 is 0 Å². The summed E-state index contributed by atoms with van der Waals surface area (Å²) < 4.78 is 2.11. The molecule has 0 atom stereocenters. The van der Waals surface area contributed by atoms with E-state index in [1.54, 1.807) is 0 Å². The van der Waals surface area contributed by atoms with Gasteiger partial charge in [-0.3, -0.25) is 4.79 Å². The first-order chi connectivity index (χ1) is 12.6. The summed E-state index contributed by atoms with van der Waals surface area (Å²) in [5.74, 6) is 0. The molecule has 5 N–H and O–H groups in total. The summed E-state index contributed by atoms with van der Waals surface area (Å²) in [7, 11) is 0. The first-order valence-electron chi connectivity index (χ1n) is 8.67. The van der Waals surface area contributed by atoms with Crippen LogP contribution in [0, 0.1) is 6.92 Å². The third-order valence-corrected chi connectivity index (χ3v) is 4.70. The Kier molecular flexibility index (Phi) is 3.97. The van der Waals surface area contributed by atoms with Crippen LogP contribution in [0.4, 0.5) is 5.69 Å². The predicted molar refractivity (Wildman–Crippen MR) is 106 cm³/mol. The maximum atomic E-state index is 12.8. The van der Waals surface area contributed by atoms with Crippen molar-refractivity contribution in [3.8, 4) is 11.3 Å². The van der Waals surface area contributed by atoms with E-state index in [1.807, 2.05) is 49.5 Å². The Bertz CT molecular complexity index is 1170. The number of nitrogens with one attached hydrogen (secondary N) is 1. The number of nitrogens with two attached hydrogens (primary N) is 2. The number of anilines is 1. The predicted octanol–water partition coefficient (Wildman–Crippen LogP) is 2.78. The van der Waals surface area contributed by atoms with E-state index in [-0.39, 0.29) is 5.56 Å². The lowest BCUT2D eigenvalue weighted by Crippen LogP contribution is -2.12. The molecular formula is C20H21N5O. The van der Waals surface area contributed by atoms with E-state index in [2.05, 4.69) is 14.5 Å². The lowest BCUT2D eigenvalue weighted by Gasteiger charge is -2.04. The van der Waals surface area contributed by atoms with Crippen molar-refractivity contribution in [1.82, 2.24) is 14.5 Å². The van der Waals surface area contributed by atoms with Crippen LogP contribution < -0.4 is 17.0 Å². The first kappa shape index (κ1) is 16.4. The fraction of sp³-hybridized carbons (Fsp3) is 0.200. The van der Waals surface area contributed by atoms with Gasteiger partial charge >= 0.3 is 0 Å². The van der Waals surface area contributed by atoms with Crippen molar-refractivity contribution in [2.75, 3.05) is 12.3 Å². The standard InChI is InChI=1S/C20H21N5O/c1-12-4-2-5-16-18(12)24-20(26)19(23-16)15-11-25(9-3-8-21)17-7-6-13(22)10-14(15)17/h2,4-7,10-11H,3,8-9,21-22H2,1H3,(H,24,26). The van der Waals surface area contributed by atoms with E-state index in [0.29, 0.717) is 17.9 Å². The average molecular weight is 347 g/mol. The quantitative estimate of drug-likeness (QED) is 0.494. The summed E-state index contributed by atoms with van der Waals surface area (Å²) in [6.45, 7) is 3.35. The molecule has 0 spiro atoms. The van der Waals surface area contributed by atoms with Crippen LogP contribution in [-0.4, -0.2) is 21.1 Å². The van der Waals surface area contributed by atoms with Gasteiger partial charge in [0.05, 0.1) is 11.0 Å². The van der Waals surface area contributed by atoms with E-state index in [4.69, 9.17) is 11.5 Å². The van der Waals surface area contributed by atoms with Gasteiger partial charge in [0.25, 0.3) is 5.56 Å². The number of nitrogen functional groups attached to an aromatic ring is 1. The number of aromatic amines is 1. The van der Waals surface area contributed by atoms with Crippen LogP contribution >= 0.6 is 0 Å². The maximum Gasteiger partial charge on any atom is 0.275 e. The Morgan fingerprint density at radius 1 is 1.23 bits per heavy atom. The number of nitrogens with zero attached hydrogens (tertiary/aromatic N) is 2. The molecule has 0 aliphatic rings. The molecule has 4 rings (SSSR count). The zero-order valence-corrected chi connectivity index (χ0v) is 14.6. The van der Waals surface area contributed by atoms with Crippen molar-refractivity contribution in [1.29, 1.82) is 0 Å². The van der Waals surface area contributed by atoms with E-state index < -0.39 is 0 Å². The third-order valence-electron chi connectivity index (χ3n) is 4.70. The molecule has 0 bridgehead atoms. The van der Waals surface area contributed by atoms with Crippen LogP contribution in [0.25, 0.3) is 33.2 Å². The summed E-state index contributed by atoms with van der Waals surface area (Å²) in [5, 5.41) is 0.923. The van der Waals surface area contributed by atoms with Crippen LogP contribution in [0.5, 0.6) is 0 Å². The number of benzene rings is 2. The Labute approximate surface area is 150 Å². The van der Waals surface area contributed by atoms with Crippen LogP contribution in [-0.2, 0) is 6.54 Å². The average Bonchev–Trinajstić information content (AvgIpc) is 2.98. The normalized spacial score (nSPS) is 11.5. The largest absolute Gasteiger partial charge is 0.399 e. The second-order valence-electron chi connectivity index (χ2n) is 6.54. The molecule has 6 heteroatoms. The van der Waals surface area contributed by atoms with Gasteiger partial charge in [0.15, 0.2) is 0 Å². The van der Waals surface area contributed by atoms with Crippen molar-refractivity contribution in [2.24, 2.45) is 5.73 Å². The Balaban J connectivity index is 1.99. The minimum atomic E-state index is -0.202. The number of para-hydroxylation sites is 1. The molecule has 26 heavy (non-hydrogen) atoms. The van der Waals surface area contributed by atoms with E-state index in [0.717, 1.165) is 46.0 Å². The van der Waals surface area contributed by atoms with Gasteiger partial charge in [0, 0.05) is 34.9 Å². The molecule has 2 heterocycles. The highest BCUT2D eigenvalue weighted by Crippen LogP contribution is 2.30. The summed E-state index contributed by atoms with van der Waals surface area (Å²) in [6.07, 6.45) is 2.83. The molecule has 2 aromatic carbocycles. The van der Waals surface area contributed by atoms with Crippen molar-refractivity contribution >= 4 is 27.6 Å². The molecular weight excluding hydrogens is 326 g/mol. The molecule has 0 aliphatic heterocycles. The van der Waals surface area contributed by atoms with Crippen LogP contribution in [0.15, 0.2) is 47.4 Å². The summed E-state index contributed by atoms with van der Waals surface area (Å²) in [6, 6.07) is 11.5. The van der Waals surface area contributed by atoms with Crippen LogP contribution in [0.3, 0.4) is 0 Å². The highest BCUT2D eigenvalue weighted by Gasteiger charge is 2.16. The number of rotatable bonds is 4. The maximum absolute atomic E-state index is 12.8. The number of H-pyrrole nitrogens is 1. The van der Waals surface area contributed by atoms with Gasteiger partial charge < -0.3 is 21.0 Å². The van der Waals surface area contributed by atoms with Crippen LogP contribution in [0.1, 0.15) is 12.0 Å². The molecule has 132 valence electrons. The van der Waals surface area contributed by atoms with Crippen molar-refractivity contribution in [3.05, 3.63) is 58.5 Å². The minimum Gasteiger partial charge on any atom is -0.399 e. The SMILES string of the molecule is Cc1cccc2nc(-c3cn(CCCN)c4ccc(N)cc34)c(=O)[nH]c12. The number of aromatic nitrogens is 3. The summed E-state index contributed by atoms with van der Waals surface area (Å²) in [4.78, 5) is 20.4. The Morgan fingerprint density at radius 3 is 2.88 bits per heavy atom. The highest BCUT2D eigenvalue weighted by atomic mass is 16.1. The second kappa shape index (κ2) is 6.31. The monoisotopic (exact) mass is 347 g/mol. The van der Waals surface area contributed by atoms with Crippen LogP contribution in [0.2, 0.25) is 0 Å². The Hall–Kier alpha value is -3.12. The number of hydrogen-bond donors (Lipinski definition) is 3. The molecule has 0 saturated carbocycles. The number of hydrogen-bond acceptors (Lipinski definition) is 4. The molecule has 0 radical (unpaired) electrons. The molecule has 6 nitrogen and oxygen atoms in total. The lowest BCUT2D eigenvalue weighted by molar-refractivity contribution is 0.671. The molecule has 0 saturated heterocycles. The molecule has 0 fully saturated rings. The molecule has 0 unspecified atom stereocenters. The molecule has 0 amide bonds. The zero-order valence-electron chi connectivity index (χ0n) is 14.6. The lowest BCUT2D eigenvalue weighted by atomic mass is 10.1. The fourth-order valence-electron chi connectivity index (χ4n) is 3.38. The van der Waals surface area contributed by atoms with Gasteiger partial charge in [0.1, 0.15) is 5.69 Å². The van der Waals surface area contributed by atoms with Crippen molar-refractivity contribution in [2.45, 2.75) is 19.9 Å².